The average molecular weight is 244 g/mol. The second kappa shape index (κ2) is 4.98. The maximum atomic E-state index is 5.59. The van der Waals surface area contributed by atoms with Crippen molar-refractivity contribution in [2.75, 3.05) is 13.1 Å². The quantitative estimate of drug-likeness (QED) is 0.358. The first-order valence-corrected chi connectivity index (χ1v) is 6.71. The van der Waals surface area contributed by atoms with E-state index in [1.807, 2.05) is 0 Å². The molecule has 2 aliphatic rings. The molecule has 0 radical (unpaired) electrons. The van der Waals surface area contributed by atoms with Gasteiger partial charge in [0.15, 0.2) is 0 Å². The molecule has 0 spiro atoms. The van der Waals surface area contributed by atoms with Crippen molar-refractivity contribution in [3.05, 3.63) is 35.9 Å². The van der Waals surface area contributed by atoms with Gasteiger partial charge in [0.25, 0.3) is 0 Å². The van der Waals surface area contributed by atoms with Crippen molar-refractivity contribution in [3.8, 4) is 0 Å². The molecule has 0 bridgehead atoms. The molecule has 1 aliphatic heterocycles. The molecule has 3 rings (SSSR count). The van der Waals surface area contributed by atoms with Crippen molar-refractivity contribution in [1.82, 2.24) is 10.3 Å². The summed E-state index contributed by atoms with van der Waals surface area (Å²) >= 11 is 0. The van der Waals surface area contributed by atoms with E-state index in [1.165, 1.54) is 24.8 Å². The van der Waals surface area contributed by atoms with Gasteiger partial charge in [-0.15, -0.1) is 0 Å². The van der Waals surface area contributed by atoms with Gasteiger partial charge in [-0.1, -0.05) is 30.3 Å². The van der Waals surface area contributed by atoms with Gasteiger partial charge in [0.1, 0.15) is 0 Å². The van der Waals surface area contributed by atoms with Gasteiger partial charge in [-0.05, 0) is 24.8 Å². The van der Waals surface area contributed by atoms with Crippen molar-refractivity contribution in [3.63, 3.8) is 0 Å². The van der Waals surface area contributed by atoms with E-state index in [1.54, 1.807) is 0 Å². The Balaban J connectivity index is 1.67. The molecule has 0 aromatic heterocycles. The summed E-state index contributed by atoms with van der Waals surface area (Å²) in [5.41, 5.74) is 4.18. The molecule has 1 aliphatic carbocycles. The normalized spacial score (nSPS) is 24.4. The number of hydrogen-bond acceptors (Lipinski definition) is 2. The maximum absolute atomic E-state index is 5.59. The third kappa shape index (κ3) is 2.48. The molecule has 1 aromatic carbocycles. The summed E-state index contributed by atoms with van der Waals surface area (Å²) in [5.74, 6) is 7.06. The van der Waals surface area contributed by atoms with Crippen LogP contribution in [-0.4, -0.2) is 30.0 Å². The Bertz CT molecular complexity index is 425. The maximum Gasteiger partial charge on any atom is 0.208 e. The number of likely N-dealkylation sites (tertiary alicyclic amines) is 1. The lowest BCUT2D eigenvalue weighted by molar-refractivity contribution is 0.486. The molecular weight excluding hydrogens is 224 g/mol. The number of hydrogen-bond donors (Lipinski definition) is 2. The van der Waals surface area contributed by atoms with Gasteiger partial charge >= 0.3 is 0 Å². The van der Waals surface area contributed by atoms with Gasteiger partial charge in [-0.25, -0.2) is 10.8 Å². The van der Waals surface area contributed by atoms with Gasteiger partial charge in [0.2, 0.25) is 5.96 Å². The lowest BCUT2D eigenvalue weighted by Gasteiger charge is -2.20. The lowest BCUT2D eigenvalue weighted by Crippen LogP contribution is -2.43. The van der Waals surface area contributed by atoms with Crippen LogP contribution in [0.4, 0.5) is 0 Å². The molecule has 1 atom stereocenters. The monoisotopic (exact) mass is 244 g/mol. The molecule has 1 heterocycles. The first-order valence-electron chi connectivity index (χ1n) is 6.71. The summed E-state index contributed by atoms with van der Waals surface area (Å²) in [6, 6.07) is 11.2. The molecule has 4 nitrogen and oxygen atoms in total. The minimum absolute atomic E-state index is 0.506. The number of rotatable bonds is 2. The third-order valence-electron chi connectivity index (χ3n) is 3.74. The van der Waals surface area contributed by atoms with E-state index >= 15 is 0 Å². The van der Waals surface area contributed by atoms with E-state index in [4.69, 9.17) is 5.84 Å². The number of nitrogens with two attached hydrogens (primary N) is 1. The van der Waals surface area contributed by atoms with Gasteiger partial charge in [0, 0.05) is 19.0 Å². The Hall–Kier alpha value is -1.55. The fraction of sp³-hybridized carbons (Fsp3) is 0.500. The molecule has 3 N–H and O–H groups in total. The number of aliphatic imine (C=N–C) groups is 1. The fourth-order valence-corrected chi connectivity index (χ4v) is 2.54. The summed E-state index contributed by atoms with van der Waals surface area (Å²) in [6.07, 6.45) is 3.59. The van der Waals surface area contributed by atoms with Crippen molar-refractivity contribution in [2.45, 2.75) is 31.2 Å². The SMILES string of the molecule is NNC(=NC1CC1)N1CCC(c2ccccc2)C1. The summed E-state index contributed by atoms with van der Waals surface area (Å²) in [5, 5.41) is 0. The van der Waals surface area contributed by atoms with Crippen LogP contribution in [0.1, 0.15) is 30.7 Å². The molecule has 1 aromatic rings. The predicted octanol–water partition coefficient (Wildman–Crippen LogP) is 1.46. The van der Waals surface area contributed by atoms with E-state index < -0.39 is 0 Å². The van der Waals surface area contributed by atoms with Crippen LogP contribution in [0, 0.1) is 0 Å². The van der Waals surface area contributed by atoms with Gasteiger partial charge in [-0.3, -0.25) is 5.43 Å². The van der Waals surface area contributed by atoms with E-state index in [-0.39, 0.29) is 0 Å². The van der Waals surface area contributed by atoms with E-state index in [2.05, 4.69) is 45.6 Å². The fourth-order valence-electron chi connectivity index (χ4n) is 2.54. The predicted molar refractivity (Wildman–Crippen MR) is 73.2 cm³/mol. The molecule has 1 unspecified atom stereocenters. The van der Waals surface area contributed by atoms with Crippen molar-refractivity contribution in [2.24, 2.45) is 10.8 Å². The Morgan fingerprint density at radius 2 is 2.00 bits per heavy atom. The van der Waals surface area contributed by atoms with Crippen LogP contribution in [-0.2, 0) is 0 Å². The van der Waals surface area contributed by atoms with Crippen LogP contribution in [0.2, 0.25) is 0 Å². The zero-order valence-corrected chi connectivity index (χ0v) is 10.5. The minimum atomic E-state index is 0.506. The summed E-state index contributed by atoms with van der Waals surface area (Å²) in [7, 11) is 0. The second-order valence-corrected chi connectivity index (χ2v) is 5.17. The number of nitrogens with zero attached hydrogens (tertiary/aromatic N) is 2. The Kier molecular flexibility index (Phi) is 3.19. The molecular formula is C14H20N4. The Morgan fingerprint density at radius 1 is 1.22 bits per heavy atom. The number of hydrazine groups is 1. The number of guanidine groups is 1. The molecule has 2 fully saturated rings. The molecule has 18 heavy (non-hydrogen) atoms. The molecule has 96 valence electrons. The summed E-state index contributed by atoms with van der Waals surface area (Å²) < 4.78 is 0. The van der Waals surface area contributed by atoms with Crippen LogP contribution in [0.15, 0.2) is 35.3 Å². The molecule has 1 saturated heterocycles. The summed E-state index contributed by atoms with van der Waals surface area (Å²) in [6.45, 7) is 2.05. The summed E-state index contributed by atoms with van der Waals surface area (Å²) in [4.78, 5) is 6.90. The first kappa shape index (κ1) is 11.5. The third-order valence-corrected chi connectivity index (χ3v) is 3.74. The van der Waals surface area contributed by atoms with Crippen molar-refractivity contribution < 1.29 is 0 Å². The van der Waals surface area contributed by atoms with Crippen molar-refractivity contribution in [1.29, 1.82) is 0 Å². The first-order chi connectivity index (χ1) is 8.86. The van der Waals surface area contributed by atoms with E-state index in [9.17, 15) is 0 Å². The van der Waals surface area contributed by atoms with E-state index in [0.717, 1.165) is 19.0 Å². The molecule has 4 heteroatoms. The minimum Gasteiger partial charge on any atom is -0.341 e. The molecule has 0 amide bonds. The zero-order valence-electron chi connectivity index (χ0n) is 10.5. The lowest BCUT2D eigenvalue weighted by atomic mass is 9.99. The zero-order chi connectivity index (χ0) is 12.4. The van der Waals surface area contributed by atoms with Crippen LogP contribution < -0.4 is 11.3 Å². The highest BCUT2D eigenvalue weighted by molar-refractivity contribution is 5.80. The van der Waals surface area contributed by atoms with Crippen LogP contribution >= 0.6 is 0 Å². The van der Waals surface area contributed by atoms with Crippen LogP contribution in [0.25, 0.3) is 0 Å². The average Bonchev–Trinajstić information content (AvgIpc) is 3.11. The second-order valence-electron chi connectivity index (χ2n) is 5.17. The smallest absolute Gasteiger partial charge is 0.208 e. The highest BCUT2D eigenvalue weighted by Crippen LogP contribution is 2.28. The largest absolute Gasteiger partial charge is 0.341 e. The highest BCUT2D eigenvalue weighted by Gasteiger charge is 2.28. The topological polar surface area (TPSA) is 53.6 Å². The Labute approximate surface area is 108 Å². The number of benzene rings is 1. The van der Waals surface area contributed by atoms with Gasteiger partial charge < -0.3 is 4.90 Å². The molecule has 1 saturated carbocycles. The Morgan fingerprint density at radius 3 is 2.67 bits per heavy atom. The highest BCUT2D eigenvalue weighted by atomic mass is 15.4. The number of nitrogens with one attached hydrogen (secondary N) is 1. The van der Waals surface area contributed by atoms with Gasteiger partial charge in [0.05, 0.1) is 6.04 Å². The standard InChI is InChI=1S/C14H20N4/c15-17-14(16-13-6-7-13)18-9-8-12(10-18)11-4-2-1-3-5-11/h1-5,12-13H,6-10,15H2,(H,16,17). The van der Waals surface area contributed by atoms with Crippen LogP contribution in [0.3, 0.4) is 0 Å². The van der Waals surface area contributed by atoms with Crippen molar-refractivity contribution >= 4 is 5.96 Å². The van der Waals surface area contributed by atoms with E-state index in [0.29, 0.717) is 12.0 Å². The van der Waals surface area contributed by atoms with Crippen LogP contribution in [0.5, 0.6) is 0 Å². The van der Waals surface area contributed by atoms with Gasteiger partial charge in [-0.2, -0.15) is 0 Å².